The van der Waals surface area contributed by atoms with Crippen molar-refractivity contribution >= 4 is 11.9 Å². The average molecular weight is 253 g/mol. The van der Waals surface area contributed by atoms with Crippen LogP contribution in [0.1, 0.15) is 27.2 Å². The van der Waals surface area contributed by atoms with Crippen LogP contribution in [0.15, 0.2) is 47.3 Å². The fourth-order valence-electron chi connectivity index (χ4n) is 1.98. The maximum atomic E-state index is 12.1. The molecule has 3 nitrogen and oxygen atoms in total. The van der Waals surface area contributed by atoms with Gasteiger partial charge in [-0.2, -0.15) is 0 Å². The fraction of sp³-hybridized carbons (Fsp3) is 0.125. The molecule has 0 spiro atoms. The van der Waals surface area contributed by atoms with Gasteiger partial charge in [-0.15, -0.1) is 0 Å². The number of hydrogen-bond acceptors (Lipinski definition) is 2. The fourth-order valence-corrected chi connectivity index (χ4v) is 1.98. The van der Waals surface area contributed by atoms with Crippen molar-refractivity contribution in [3.05, 3.63) is 75.2 Å². The van der Waals surface area contributed by atoms with Gasteiger partial charge in [0.1, 0.15) is 0 Å². The number of nitrogens with one attached hydrogen (secondary N) is 1. The minimum atomic E-state index is -0.333. The van der Waals surface area contributed by atoms with Gasteiger partial charge in [0.2, 0.25) is 0 Å². The highest BCUT2D eigenvalue weighted by Crippen LogP contribution is 2.07. The van der Waals surface area contributed by atoms with Crippen molar-refractivity contribution in [1.82, 2.24) is 4.98 Å². The van der Waals surface area contributed by atoms with Crippen molar-refractivity contribution in [2.75, 3.05) is 0 Å². The molecule has 96 valence electrons. The van der Waals surface area contributed by atoms with Crippen LogP contribution in [0.2, 0.25) is 0 Å². The van der Waals surface area contributed by atoms with Crippen molar-refractivity contribution < 1.29 is 4.79 Å². The summed E-state index contributed by atoms with van der Waals surface area (Å²) >= 11 is 0. The number of benzene rings is 1. The van der Waals surface area contributed by atoms with Crippen molar-refractivity contribution in [2.45, 2.75) is 13.8 Å². The van der Waals surface area contributed by atoms with Crippen LogP contribution in [0, 0.1) is 13.8 Å². The normalized spacial score (nSPS) is 10.8. The van der Waals surface area contributed by atoms with Crippen LogP contribution < -0.4 is 5.56 Å². The molecule has 0 saturated heterocycles. The Morgan fingerprint density at radius 3 is 2.47 bits per heavy atom. The summed E-state index contributed by atoms with van der Waals surface area (Å²) in [5.74, 6) is -0.275. The van der Waals surface area contributed by atoms with Gasteiger partial charge in [0.15, 0.2) is 5.78 Å². The molecule has 1 aromatic carbocycles. The summed E-state index contributed by atoms with van der Waals surface area (Å²) in [5, 5.41) is 0. The second kappa shape index (κ2) is 5.48. The zero-order valence-electron chi connectivity index (χ0n) is 10.9. The third-order valence-electron chi connectivity index (χ3n) is 2.84. The summed E-state index contributed by atoms with van der Waals surface area (Å²) in [7, 11) is 0. The predicted octanol–water partition coefficient (Wildman–Crippen LogP) is 2.89. The van der Waals surface area contributed by atoms with Gasteiger partial charge >= 0.3 is 0 Å². The summed E-state index contributed by atoms with van der Waals surface area (Å²) in [4.78, 5) is 26.5. The third kappa shape index (κ3) is 3.07. The number of aromatic amines is 1. The van der Waals surface area contributed by atoms with Crippen molar-refractivity contribution in [2.24, 2.45) is 0 Å². The molecular weight excluding hydrogens is 238 g/mol. The molecule has 0 atom stereocenters. The van der Waals surface area contributed by atoms with Gasteiger partial charge in [-0.05, 0) is 37.1 Å². The van der Waals surface area contributed by atoms with Crippen LogP contribution in [0.3, 0.4) is 0 Å². The monoisotopic (exact) mass is 253 g/mol. The second-order valence-electron chi connectivity index (χ2n) is 4.45. The van der Waals surface area contributed by atoms with Gasteiger partial charge in [-0.3, -0.25) is 9.59 Å². The van der Waals surface area contributed by atoms with Gasteiger partial charge in [0, 0.05) is 5.69 Å². The van der Waals surface area contributed by atoms with E-state index in [1.165, 1.54) is 6.08 Å². The Balaban J connectivity index is 2.31. The van der Waals surface area contributed by atoms with Crippen molar-refractivity contribution in [3.63, 3.8) is 0 Å². The van der Waals surface area contributed by atoms with E-state index in [9.17, 15) is 9.59 Å². The highest BCUT2D eigenvalue weighted by atomic mass is 16.1. The molecule has 2 rings (SSSR count). The lowest BCUT2D eigenvalue weighted by Gasteiger charge is -2.02. The molecule has 0 unspecified atom stereocenters. The van der Waals surface area contributed by atoms with E-state index in [2.05, 4.69) is 4.98 Å². The van der Waals surface area contributed by atoms with E-state index in [0.29, 0.717) is 5.56 Å². The number of hydrogen-bond donors (Lipinski definition) is 1. The summed E-state index contributed by atoms with van der Waals surface area (Å²) in [6, 6.07) is 11.3. The Labute approximate surface area is 111 Å². The lowest BCUT2D eigenvalue weighted by atomic mass is 10.1. The summed E-state index contributed by atoms with van der Waals surface area (Å²) in [6.45, 7) is 3.56. The van der Waals surface area contributed by atoms with Gasteiger partial charge in [0.05, 0.1) is 5.56 Å². The molecule has 3 heteroatoms. The maximum absolute atomic E-state index is 12.1. The molecule has 2 aromatic rings. The molecule has 0 aliphatic rings. The van der Waals surface area contributed by atoms with Crippen molar-refractivity contribution in [3.8, 4) is 0 Å². The van der Waals surface area contributed by atoms with Gasteiger partial charge in [-0.25, -0.2) is 0 Å². The zero-order valence-corrected chi connectivity index (χ0v) is 10.9. The third-order valence-corrected chi connectivity index (χ3v) is 2.84. The molecule has 0 aliphatic carbocycles. The minimum Gasteiger partial charge on any atom is -0.326 e. The first kappa shape index (κ1) is 13.0. The molecule has 1 heterocycles. The number of allylic oxidation sites excluding steroid dienone is 1. The zero-order chi connectivity index (χ0) is 13.8. The van der Waals surface area contributed by atoms with Gasteiger partial charge in [-0.1, -0.05) is 36.4 Å². The molecule has 0 saturated carbocycles. The number of carbonyl (C=O) groups excluding carboxylic acids is 1. The maximum Gasteiger partial charge on any atom is 0.259 e. The van der Waals surface area contributed by atoms with Crippen LogP contribution in [-0.2, 0) is 0 Å². The quantitative estimate of drug-likeness (QED) is 0.675. The molecule has 0 aliphatic heterocycles. The number of pyridine rings is 1. The van der Waals surface area contributed by atoms with Crippen LogP contribution in [0.4, 0.5) is 0 Å². The highest BCUT2D eigenvalue weighted by molar-refractivity contribution is 6.07. The second-order valence-corrected chi connectivity index (χ2v) is 4.45. The number of aryl methyl sites for hydroxylation is 2. The minimum absolute atomic E-state index is 0.206. The number of rotatable bonds is 3. The Hall–Kier alpha value is -2.42. The first-order chi connectivity index (χ1) is 9.08. The van der Waals surface area contributed by atoms with E-state index in [1.54, 1.807) is 26.0 Å². The van der Waals surface area contributed by atoms with Crippen LogP contribution >= 0.6 is 0 Å². The Morgan fingerprint density at radius 2 is 1.84 bits per heavy atom. The Morgan fingerprint density at radius 1 is 1.16 bits per heavy atom. The average Bonchev–Trinajstić information content (AvgIpc) is 2.36. The molecule has 1 N–H and O–H groups in total. The largest absolute Gasteiger partial charge is 0.326 e. The Kier molecular flexibility index (Phi) is 3.76. The van der Waals surface area contributed by atoms with E-state index in [0.717, 1.165) is 11.3 Å². The van der Waals surface area contributed by atoms with E-state index < -0.39 is 0 Å². The summed E-state index contributed by atoms with van der Waals surface area (Å²) in [5.41, 5.74) is 2.25. The molecule has 1 aromatic heterocycles. The summed E-state index contributed by atoms with van der Waals surface area (Å²) in [6.07, 6.45) is 3.14. The SMILES string of the molecule is Cc1cc(C)c(C(=O)C=Cc2ccccc2)c(=O)[nH]1. The lowest BCUT2D eigenvalue weighted by molar-refractivity contribution is 0.104. The van der Waals surface area contributed by atoms with Crippen LogP contribution in [0.25, 0.3) is 6.08 Å². The van der Waals surface area contributed by atoms with E-state index in [1.807, 2.05) is 30.3 Å². The molecule has 0 amide bonds. The number of H-pyrrole nitrogens is 1. The van der Waals surface area contributed by atoms with Gasteiger partial charge in [0.25, 0.3) is 5.56 Å². The van der Waals surface area contributed by atoms with Crippen LogP contribution in [-0.4, -0.2) is 10.8 Å². The molecule has 0 bridgehead atoms. The topological polar surface area (TPSA) is 49.9 Å². The first-order valence-electron chi connectivity index (χ1n) is 6.06. The Bertz CT molecular complexity index is 682. The van der Waals surface area contributed by atoms with Gasteiger partial charge < -0.3 is 4.98 Å². The molecule has 19 heavy (non-hydrogen) atoms. The number of aromatic nitrogens is 1. The predicted molar refractivity (Wildman–Crippen MR) is 76.3 cm³/mol. The summed E-state index contributed by atoms with van der Waals surface area (Å²) < 4.78 is 0. The number of carbonyl (C=O) groups is 1. The highest BCUT2D eigenvalue weighted by Gasteiger charge is 2.11. The smallest absolute Gasteiger partial charge is 0.259 e. The number of ketones is 1. The molecular formula is C16H15NO2. The van der Waals surface area contributed by atoms with Crippen molar-refractivity contribution in [1.29, 1.82) is 0 Å². The van der Waals surface area contributed by atoms with E-state index in [4.69, 9.17) is 0 Å². The standard InChI is InChI=1S/C16H15NO2/c1-11-10-12(2)17-16(19)15(11)14(18)9-8-13-6-4-3-5-7-13/h3-10H,1-2H3,(H,17,19). The molecule has 0 fully saturated rings. The van der Waals surface area contributed by atoms with Crippen LogP contribution in [0.5, 0.6) is 0 Å². The lowest BCUT2D eigenvalue weighted by Crippen LogP contribution is -2.19. The first-order valence-corrected chi connectivity index (χ1v) is 6.06. The van der Waals surface area contributed by atoms with E-state index >= 15 is 0 Å². The van der Waals surface area contributed by atoms with E-state index in [-0.39, 0.29) is 16.9 Å². The molecule has 0 radical (unpaired) electrons.